The third-order valence-corrected chi connectivity index (χ3v) is 3.24. The molecule has 0 fully saturated rings. The highest BCUT2D eigenvalue weighted by Crippen LogP contribution is 2.32. The van der Waals surface area contributed by atoms with Gasteiger partial charge < -0.3 is 5.11 Å². The van der Waals surface area contributed by atoms with Crippen LogP contribution in [0.3, 0.4) is 0 Å². The van der Waals surface area contributed by atoms with E-state index < -0.39 is 47.3 Å². The molecule has 0 aliphatic carbocycles. The molecule has 118 valence electrons. The molecule has 0 spiro atoms. The van der Waals surface area contributed by atoms with Crippen LogP contribution in [-0.4, -0.2) is 20.2 Å². The van der Waals surface area contributed by atoms with Crippen molar-refractivity contribution in [3.05, 3.63) is 44.6 Å². The fourth-order valence-corrected chi connectivity index (χ4v) is 2.19. The number of aromatic nitrogens is 2. The van der Waals surface area contributed by atoms with Crippen molar-refractivity contribution < 1.29 is 23.1 Å². The maximum Gasteiger partial charge on any atom is 0.417 e. The molecule has 2 aromatic rings. The van der Waals surface area contributed by atoms with E-state index in [9.17, 15) is 27.6 Å². The third-order valence-electron chi connectivity index (χ3n) is 3.24. The van der Waals surface area contributed by atoms with Gasteiger partial charge in [0.15, 0.2) is 0 Å². The molecule has 0 radical (unpaired) electrons. The molecule has 1 heterocycles. The predicted molar refractivity (Wildman–Crippen MR) is 70.7 cm³/mol. The van der Waals surface area contributed by atoms with Crippen molar-refractivity contribution in [2.45, 2.75) is 19.1 Å². The number of carbonyl (C=O) groups is 1. The van der Waals surface area contributed by atoms with Crippen molar-refractivity contribution in [2.24, 2.45) is 7.05 Å². The fraction of sp³-hybridized carbons (Fsp3) is 0.308. The summed E-state index contributed by atoms with van der Waals surface area (Å²) in [7, 11) is 1.22. The van der Waals surface area contributed by atoms with E-state index in [-0.39, 0.29) is 5.52 Å². The first-order valence-electron chi connectivity index (χ1n) is 6.16. The topological polar surface area (TPSA) is 81.3 Å². The molecule has 0 atom stereocenters. The predicted octanol–water partition coefficient (Wildman–Crippen LogP) is 1.19. The van der Waals surface area contributed by atoms with Crippen LogP contribution in [-0.2, 0) is 24.6 Å². The van der Waals surface area contributed by atoms with E-state index >= 15 is 0 Å². The highest BCUT2D eigenvalue weighted by atomic mass is 19.4. The van der Waals surface area contributed by atoms with Gasteiger partial charge in [-0.3, -0.25) is 18.7 Å². The lowest BCUT2D eigenvalue weighted by Crippen LogP contribution is -2.40. The zero-order valence-electron chi connectivity index (χ0n) is 11.3. The number of benzene rings is 1. The van der Waals surface area contributed by atoms with E-state index in [0.29, 0.717) is 4.57 Å². The van der Waals surface area contributed by atoms with Gasteiger partial charge in [-0.2, -0.15) is 13.2 Å². The van der Waals surface area contributed by atoms with Crippen molar-refractivity contribution >= 4 is 16.9 Å². The van der Waals surface area contributed by atoms with Gasteiger partial charge in [-0.15, -0.1) is 0 Å². The number of halogens is 3. The third kappa shape index (κ3) is 2.61. The van der Waals surface area contributed by atoms with Crippen molar-refractivity contribution in [3.8, 4) is 0 Å². The molecule has 0 aliphatic heterocycles. The molecule has 0 aliphatic rings. The molecule has 1 aromatic heterocycles. The number of aliphatic carboxylic acids is 1. The van der Waals surface area contributed by atoms with Gasteiger partial charge in [0, 0.05) is 13.6 Å². The first-order chi connectivity index (χ1) is 10.1. The Balaban J connectivity index is 2.88. The summed E-state index contributed by atoms with van der Waals surface area (Å²) >= 11 is 0. The van der Waals surface area contributed by atoms with Gasteiger partial charge in [-0.05, 0) is 12.1 Å². The summed E-state index contributed by atoms with van der Waals surface area (Å²) < 4.78 is 40.5. The van der Waals surface area contributed by atoms with Crippen molar-refractivity contribution in [2.75, 3.05) is 0 Å². The maximum absolute atomic E-state index is 13.0. The summed E-state index contributed by atoms with van der Waals surface area (Å²) in [5.41, 5.74) is -3.32. The molecule has 9 heteroatoms. The lowest BCUT2D eigenvalue weighted by atomic mass is 10.1. The van der Waals surface area contributed by atoms with Gasteiger partial charge in [-0.25, -0.2) is 4.79 Å². The Kier molecular flexibility index (Phi) is 3.82. The van der Waals surface area contributed by atoms with Gasteiger partial charge in [0.1, 0.15) is 0 Å². The van der Waals surface area contributed by atoms with Crippen LogP contribution in [0.25, 0.3) is 10.9 Å². The van der Waals surface area contributed by atoms with Crippen LogP contribution in [0.1, 0.15) is 12.0 Å². The molecule has 0 unspecified atom stereocenters. The Morgan fingerprint density at radius 3 is 2.45 bits per heavy atom. The summed E-state index contributed by atoms with van der Waals surface area (Å²) in [5, 5.41) is 7.97. The van der Waals surface area contributed by atoms with Crippen LogP contribution in [0, 0.1) is 0 Å². The Morgan fingerprint density at radius 1 is 1.27 bits per heavy atom. The van der Waals surface area contributed by atoms with Gasteiger partial charge in [0.25, 0.3) is 5.56 Å². The van der Waals surface area contributed by atoms with Gasteiger partial charge in [0.05, 0.1) is 22.9 Å². The lowest BCUT2D eigenvalue weighted by molar-refractivity contribution is -0.138. The molecule has 0 saturated heterocycles. The highest BCUT2D eigenvalue weighted by Gasteiger charge is 2.34. The van der Waals surface area contributed by atoms with Crippen molar-refractivity contribution in [1.82, 2.24) is 9.13 Å². The lowest BCUT2D eigenvalue weighted by Gasteiger charge is -2.14. The number of hydrogen-bond donors (Lipinski definition) is 1. The summed E-state index contributed by atoms with van der Waals surface area (Å²) in [6.45, 7) is -0.497. The Hall–Kier alpha value is -2.58. The number of alkyl halides is 3. The van der Waals surface area contributed by atoms with Crippen LogP contribution in [0.5, 0.6) is 0 Å². The normalized spacial score (nSPS) is 11.8. The molecule has 0 amide bonds. The van der Waals surface area contributed by atoms with Gasteiger partial charge in [0.2, 0.25) is 0 Å². The Bertz CT molecular complexity index is 864. The van der Waals surface area contributed by atoms with Crippen LogP contribution in [0.4, 0.5) is 13.2 Å². The SMILES string of the molecule is Cn1c(=O)n(CCC(=O)O)c(=O)c2c(C(F)(F)F)cccc21. The molecule has 22 heavy (non-hydrogen) atoms. The van der Waals surface area contributed by atoms with Crippen LogP contribution >= 0.6 is 0 Å². The second-order valence-electron chi connectivity index (χ2n) is 4.64. The minimum absolute atomic E-state index is 0.156. The largest absolute Gasteiger partial charge is 0.481 e. The zero-order chi connectivity index (χ0) is 16.7. The number of aryl methyl sites for hydroxylation is 1. The molecule has 0 bridgehead atoms. The Morgan fingerprint density at radius 2 is 1.91 bits per heavy atom. The smallest absolute Gasteiger partial charge is 0.417 e. The summed E-state index contributed by atoms with van der Waals surface area (Å²) in [4.78, 5) is 34.8. The van der Waals surface area contributed by atoms with Crippen LogP contribution in [0.2, 0.25) is 0 Å². The van der Waals surface area contributed by atoms with Crippen molar-refractivity contribution in [1.29, 1.82) is 0 Å². The first kappa shape index (κ1) is 15.8. The average Bonchev–Trinajstić information content (AvgIpc) is 2.42. The van der Waals surface area contributed by atoms with Crippen LogP contribution in [0.15, 0.2) is 27.8 Å². The number of rotatable bonds is 3. The minimum atomic E-state index is -4.76. The highest BCUT2D eigenvalue weighted by molar-refractivity contribution is 5.82. The van der Waals surface area contributed by atoms with Gasteiger partial charge in [-0.1, -0.05) is 6.07 Å². The monoisotopic (exact) mass is 316 g/mol. The zero-order valence-corrected chi connectivity index (χ0v) is 11.3. The average molecular weight is 316 g/mol. The molecule has 6 nitrogen and oxygen atoms in total. The number of carboxylic acid groups (broad SMARTS) is 1. The second-order valence-corrected chi connectivity index (χ2v) is 4.64. The van der Waals surface area contributed by atoms with E-state index in [0.717, 1.165) is 16.7 Å². The van der Waals surface area contributed by atoms with E-state index in [4.69, 9.17) is 5.11 Å². The van der Waals surface area contributed by atoms with E-state index in [1.807, 2.05) is 0 Å². The molecule has 1 N–H and O–H groups in total. The summed E-state index contributed by atoms with van der Waals surface area (Å²) in [6.07, 6.45) is -5.31. The number of fused-ring (bicyclic) bond motifs is 1. The van der Waals surface area contributed by atoms with E-state index in [2.05, 4.69) is 0 Å². The molecule has 1 aromatic carbocycles. The molecular weight excluding hydrogens is 305 g/mol. The van der Waals surface area contributed by atoms with E-state index in [1.165, 1.54) is 13.1 Å². The van der Waals surface area contributed by atoms with Crippen molar-refractivity contribution in [3.63, 3.8) is 0 Å². The minimum Gasteiger partial charge on any atom is -0.481 e. The molecule has 0 saturated carbocycles. The maximum atomic E-state index is 13.0. The first-order valence-corrected chi connectivity index (χ1v) is 6.16. The van der Waals surface area contributed by atoms with Gasteiger partial charge >= 0.3 is 17.8 Å². The summed E-state index contributed by atoms with van der Waals surface area (Å²) in [6, 6.07) is 3.08. The quantitative estimate of drug-likeness (QED) is 0.922. The molecular formula is C13H11F3N2O4. The number of nitrogens with zero attached hydrogens (tertiary/aromatic N) is 2. The second kappa shape index (κ2) is 5.32. The standard InChI is InChI=1S/C13H11F3N2O4/c1-17-8-4-2-3-7(13(14,15)16)10(8)11(21)18(12(17)22)6-5-9(19)20/h2-4H,5-6H2,1H3,(H,19,20). The van der Waals surface area contributed by atoms with Crippen LogP contribution < -0.4 is 11.2 Å². The van der Waals surface area contributed by atoms with E-state index in [1.54, 1.807) is 0 Å². The number of hydrogen-bond acceptors (Lipinski definition) is 3. The Labute approximate surface area is 121 Å². The number of carboxylic acids is 1. The molecule has 2 rings (SSSR count). The summed E-state index contributed by atoms with van der Waals surface area (Å²) in [5.74, 6) is -1.27. The fourth-order valence-electron chi connectivity index (χ4n) is 2.19.